The number of anilines is 1. The van der Waals surface area contributed by atoms with E-state index >= 15 is 0 Å². The zero-order valence-electron chi connectivity index (χ0n) is 15.4. The molecule has 0 radical (unpaired) electrons. The Labute approximate surface area is 166 Å². The van der Waals surface area contributed by atoms with E-state index in [0.29, 0.717) is 36.7 Å². The molecule has 1 unspecified atom stereocenters. The van der Waals surface area contributed by atoms with Crippen LogP contribution in [0.2, 0.25) is 0 Å². The van der Waals surface area contributed by atoms with Crippen LogP contribution in [0.4, 0.5) is 14.9 Å². The molecule has 0 saturated carbocycles. The molecule has 1 saturated heterocycles. The fourth-order valence-electron chi connectivity index (χ4n) is 2.88. The summed E-state index contributed by atoms with van der Waals surface area (Å²) in [6.07, 6.45) is 0. The van der Waals surface area contributed by atoms with Crippen LogP contribution in [0.5, 0.6) is 0 Å². The maximum atomic E-state index is 12.9. The van der Waals surface area contributed by atoms with Gasteiger partial charge in [0.05, 0.1) is 4.88 Å². The molecule has 1 aliphatic heterocycles. The van der Waals surface area contributed by atoms with Gasteiger partial charge in [-0.05, 0) is 42.6 Å². The summed E-state index contributed by atoms with van der Waals surface area (Å²) in [6, 6.07) is 8.08. The van der Waals surface area contributed by atoms with Crippen LogP contribution < -0.4 is 10.6 Å². The van der Waals surface area contributed by atoms with Crippen LogP contribution in [0.3, 0.4) is 0 Å². The lowest BCUT2D eigenvalue weighted by Crippen LogP contribution is -2.55. The third-order valence-corrected chi connectivity index (χ3v) is 5.31. The lowest BCUT2D eigenvalue weighted by molar-refractivity contribution is -0.134. The largest absolute Gasteiger partial charge is 0.340 e. The quantitative estimate of drug-likeness (QED) is 0.821. The fraction of sp³-hybridized carbons (Fsp3) is 0.316. The molecular formula is C19H21FN4O3S. The Hall–Kier alpha value is -2.94. The zero-order valence-corrected chi connectivity index (χ0v) is 16.2. The van der Waals surface area contributed by atoms with E-state index in [1.807, 2.05) is 0 Å². The normalized spacial score (nSPS) is 15.1. The molecule has 1 aliphatic rings. The van der Waals surface area contributed by atoms with Crippen LogP contribution in [0.15, 0.2) is 41.8 Å². The molecule has 4 amide bonds. The molecule has 2 heterocycles. The van der Waals surface area contributed by atoms with Crippen LogP contribution in [0.1, 0.15) is 16.6 Å². The van der Waals surface area contributed by atoms with Crippen molar-refractivity contribution in [2.45, 2.75) is 13.0 Å². The molecule has 1 atom stereocenters. The zero-order chi connectivity index (χ0) is 20.1. The average molecular weight is 404 g/mol. The number of carbonyl (C=O) groups is 3. The highest BCUT2D eigenvalue weighted by Crippen LogP contribution is 2.12. The number of thiophene rings is 1. The molecule has 3 rings (SSSR count). The molecule has 0 aliphatic carbocycles. The van der Waals surface area contributed by atoms with Gasteiger partial charge in [0.2, 0.25) is 5.91 Å². The summed E-state index contributed by atoms with van der Waals surface area (Å²) in [5, 5.41) is 7.22. The van der Waals surface area contributed by atoms with Crippen LogP contribution >= 0.6 is 11.3 Å². The summed E-state index contributed by atoms with van der Waals surface area (Å²) in [4.78, 5) is 40.7. The van der Waals surface area contributed by atoms with Crippen molar-refractivity contribution >= 4 is 34.9 Å². The van der Waals surface area contributed by atoms with Crippen molar-refractivity contribution in [3.8, 4) is 0 Å². The number of halogens is 1. The van der Waals surface area contributed by atoms with E-state index in [4.69, 9.17) is 0 Å². The van der Waals surface area contributed by atoms with Crippen LogP contribution in [0.25, 0.3) is 0 Å². The number of nitrogens with zero attached hydrogens (tertiary/aromatic N) is 2. The molecule has 2 aromatic rings. The number of amides is 4. The molecule has 1 aromatic carbocycles. The van der Waals surface area contributed by atoms with E-state index in [1.54, 1.807) is 34.2 Å². The Kier molecular flexibility index (Phi) is 6.25. The first-order chi connectivity index (χ1) is 13.4. The van der Waals surface area contributed by atoms with E-state index in [9.17, 15) is 18.8 Å². The van der Waals surface area contributed by atoms with Crippen molar-refractivity contribution in [2.24, 2.45) is 0 Å². The second kappa shape index (κ2) is 8.83. The number of carbonyl (C=O) groups excluding carboxylic acids is 3. The highest BCUT2D eigenvalue weighted by Gasteiger charge is 2.28. The number of hydrogen-bond donors (Lipinski definition) is 2. The topological polar surface area (TPSA) is 81.8 Å². The number of piperazine rings is 1. The number of urea groups is 1. The van der Waals surface area contributed by atoms with Gasteiger partial charge in [0.1, 0.15) is 11.9 Å². The molecule has 148 valence electrons. The first-order valence-corrected chi connectivity index (χ1v) is 9.76. The Morgan fingerprint density at radius 3 is 2.29 bits per heavy atom. The van der Waals surface area contributed by atoms with Gasteiger partial charge < -0.3 is 20.4 Å². The second-order valence-corrected chi connectivity index (χ2v) is 7.37. The van der Waals surface area contributed by atoms with Gasteiger partial charge in [0.25, 0.3) is 5.91 Å². The van der Waals surface area contributed by atoms with Gasteiger partial charge in [-0.1, -0.05) is 6.07 Å². The Bertz CT molecular complexity index is 833. The van der Waals surface area contributed by atoms with Crippen LogP contribution in [0, 0.1) is 5.82 Å². The fourth-order valence-corrected chi connectivity index (χ4v) is 3.50. The van der Waals surface area contributed by atoms with Crippen molar-refractivity contribution in [1.82, 2.24) is 15.1 Å². The van der Waals surface area contributed by atoms with E-state index in [2.05, 4.69) is 10.6 Å². The van der Waals surface area contributed by atoms with Gasteiger partial charge in [-0.15, -0.1) is 11.3 Å². The van der Waals surface area contributed by atoms with Crippen molar-refractivity contribution in [3.63, 3.8) is 0 Å². The van der Waals surface area contributed by atoms with Gasteiger partial charge in [-0.3, -0.25) is 9.59 Å². The third kappa shape index (κ3) is 4.86. The van der Waals surface area contributed by atoms with Gasteiger partial charge in [0, 0.05) is 31.9 Å². The minimum atomic E-state index is -0.644. The summed E-state index contributed by atoms with van der Waals surface area (Å²) in [7, 11) is 0. The van der Waals surface area contributed by atoms with Crippen LogP contribution in [-0.4, -0.2) is 59.9 Å². The number of benzene rings is 1. The van der Waals surface area contributed by atoms with Gasteiger partial charge in [-0.2, -0.15) is 0 Å². The Morgan fingerprint density at radius 2 is 1.68 bits per heavy atom. The Morgan fingerprint density at radius 1 is 1.04 bits per heavy atom. The SMILES string of the molecule is CC(NC(=O)c1cccs1)C(=O)N1CCN(C(=O)Nc2ccc(F)cc2)CC1. The van der Waals surface area contributed by atoms with Gasteiger partial charge >= 0.3 is 6.03 Å². The molecular weight excluding hydrogens is 383 g/mol. The predicted molar refractivity (Wildman–Crippen MR) is 105 cm³/mol. The van der Waals surface area contributed by atoms with E-state index in [-0.39, 0.29) is 23.7 Å². The van der Waals surface area contributed by atoms with Gasteiger partial charge in [0.15, 0.2) is 0 Å². The molecule has 0 bridgehead atoms. The molecule has 1 fully saturated rings. The molecule has 1 aromatic heterocycles. The second-order valence-electron chi connectivity index (χ2n) is 6.42. The predicted octanol–water partition coefficient (Wildman–Crippen LogP) is 2.38. The first kappa shape index (κ1) is 19.8. The molecule has 9 heteroatoms. The summed E-state index contributed by atoms with van der Waals surface area (Å²) in [5.74, 6) is -0.818. The minimum Gasteiger partial charge on any atom is -0.340 e. The van der Waals surface area contributed by atoms with Crippen molar-refractivity contribution < 1.29 is 18.8 Å². The first-order valence-electron chi connectivity index (χ1n) is 8.88. The lowest BCUT2D eigenvalue weighted by atomic mass is 10.2. The summed E-state index contributed by atoms with van der Waals surface area (Å²) < 4.78 is 12.9. The van der Waals surface area contributed by atoms with Gasteiger partial charge in [-0.25, -0.2) is 9.18 Å². The summed E-state index contributed by atoms with van der Waals surface area (Å²) in [5.41, 5.74) is 0.509. The summed E-state index contributed by atoms with van der Waals surface area (Å²) >= 11 is 1.32. The van der Waals surface area contributed by atoms with E-state index in [0.717, 1.165) is 0 Å². The number of rotatable bonds is 4. The van der Waals surface area contributed by atoms with Crippen molar-refractivity contribution in [1.29, 1.82) is 0 Å². The molecule has 7 nitrogen and oxygen atoms in total. The average Bonchev–Trinajstić information content (AvgIpc) is 3.24. The highest BCUT2D eigenvalue weighted by atomic mass is 32.1. The van der Waals surface area contributed by atoms with E-state index in [1.165, 1.54) is 35.6 Å². The van der Waals surface area contributed by atoms with Crippen LogP contribution in [-0.2, 0) is 4.79 Å². The number of nitrogens with one attached hydrogen (secondary N) is 2. The van der Waals surface area contributed by atoms with E-state index < -0.39 is 6.04 Å². The molecule has 2 N–H and O–H groups in total. The standard InChI is InChI=1S/C19H21FN4O3S/c1-13(21-17(25)16-3-2-12-28-16)18(26)23-8-10-24(11-9-23)19(27)22-15-6-4-14(20)5-7-15/h2-7,12-13H,8-11H2,1H3,(H,21,25)(H,22,27). The number of hydrogen-bond acceptors (Lipinski definition) is 4. The highest BCUT2D eigenvalue weighted by molar-refractivity contribution is 7.12. The van der Waals surface area contributed by atoms with Crippen molar-refractivity contribution in [2.75, 3.05) is 31.5 Å². The monoisotopic (exact) mass is 404 g/mol. The van der Waals surface area contributed by atoms with Crippen molar-refractivity contribution in [3.05, 3.63) is 52.5 Å². The minimum absolute atomic E-state index is 0.177. The molecule has 0 spiro atoms. The summed E-state index contributed by atoms with van der Waals surface area (Å²) in [6.45, 7) is 3.18. The smallest absolute Gasteiger partial charge is 0.321 e. The Balaban J connectivity index is 1.47. The third-order valence-electron chi connectivity index (χ3n) is 4.44. The lowest BCUT2D eigenvalue weighted by Gasteiger charge is -2.36. The maximum Gasteiger partial charge on any atom is 0.321 e. The maximum absolute atomic E-state index is 12.9. The molecule has 28 heavy (non-hydrogen) atoms.